The molecule has 104 valence electrons. The Bertz CT molecular complexity index is 655. The molecule has 0 unspecified atom stereocenters. The first-order chi connectivity index (χ1) is 9.66. The number of piperidine rings is 1. The number of nitrogens with two attached hydrogens (primary N) is 1. The maximum atomic E-state index is 14.1. The van der Waals surface area contributed by atoms with Crippen LogP contribution >= 0.6 is 0 Å². The third kappa shape index (κ3) is 2.17. The summed E-state index contributed by atoms with van der Waals surface area (Å²) >= 11 is 0. The van der Waals surface area contributed by atoms with Gasteiger partial charge in [-0.05, 0) is 25.0 Å². The third-order valence-electron chi connectivity index (χ3n) is 3.72. The summed E-state index contributed by atoms with van der Waals surface area (Å²) in [5.41, 5.74) is 5.94. The lowest BCUT2D eigenvalue weighted by Gasteiger charge is -2.32. The summed E-state index contributed by atoms with van der Waals surface area (Å²) in [6.07, 6.45) is 3.04. The van der Waals surface area contributed by atoms with Crippen LogP contribution < -0.4 is 10.6 Å². The summed E-state index contributed by atoms with van der Waals surface area (Å²) in [4.78, 5) is 21.6. The van der Waals surface area contributed by atoms with Crippen LogP contribution in [0.25, 0.3) is 10.9 Å². The lowest BCUT2D eigenvalue weighted by molar-refractivity contribution is -0.122. The molecule has 1 fully saturated rings. The van der Waals surface area contributed by atoms with Gasteiger partial charge in [0.15, 0.2) is 0 Å². The highest BCUT2D eigenvalue weighted by Crippen LogP contribution is 2.29. The van der Waals surface area contributed by atoms with Crippen LogP contribution in [0.1, 0.15) is 12.8 Å². The standard InChI is InChI=1S/C14H15FN4O/c15-10-4-1-5-11-12(10)14(18-8-17-11)19-6-2-3-9(7-19)13(16)20/h1,4-5,8-9H,2-3,6-7H2,(H2,16,20)/t9-/m0/s1. The normalized spacial score (nSPS) is 19.2. The van der Waals surface area contributed by atoms with Gasteiger partial charge in [-0.25, -0.2) is 14.4 Å². The number of hydrogen-bond donors (Lipinski definition) is 1. The number of amides is 1. The molecule has 0 radical (unpaired) electrons. The van der Waals surface area contributed by atoms with Gasteiger partial charge in [-0.3, -0.25) is 4.79 Å². The van der Waals surface area contributed by atoms with E-state index < -0.39 is 0 Å². The van der Waals surface area contributed by atoms with Gasteiger partial charge in [0.2, 0.25) is 5.91 Å². The van der Waals surface area contributed by atoms with Crippen LogP contribution in [0, 0.1) is 11.7 Å². The summed E-state index contributed by atoms with van der Waals surface area (Å²) < 4.78 is 14.1. The van der Waals surface area contributed by atoms with Gasteiger partial charge in [0.1, 0.15) is 18.0 Å². The third-order valence-corrected chi connectivity index (χ3v) is 3.72. The number of carbonyl (C=O) groups is 1. The van der Waals surface area contributed by atoms with Crippen molar-refractivity contribution < 1.29 is 9.18 Å². The summed E-state index contributed by atoms with van der Waals surface area (Å²) in [5.74, 6) is -0.326. The van der Waals surface area contributed by atoms with E-state index in [1.54, 1.807) is 12.1 Å². The van der Waals surface area contributed by atoms with Crippen molar-refractivity contribution in [3.63, 3.8) is 0 Å². The zero-order valence-electron chi connectivity index (χ0n) is 10.9. The van der Waals surface area contributed by atoms with Gasteiger partial charge in [0.05, 0.1) is 16.8 Å². The predicted molar refractivity (Wildman–Crippen MR) is 73.6 cm³/mol. The Morgan fingerprint density at radius 2 is 2.25 bits per heavy atom. The number of rotatable bonds is 2. The lowest BCUT2D eigenvalue weighted by Crippen LogP contribution is -2.41. The number of aromatic nitrogens is 2. The molecular formula is C14H15FN4O. The zero-order valence-corrected chi connectivity index (χ0v) is 10.9. The zero-order chi connectivity index (χ0) is 14.1. The molecule has 1 aromatic heterocycles. The molecular weight excluding hydrogens is 259 g/mol. The topological polar surface area (TPSA) is 72.1 Å². The van der Waals surface area contributed by atoms with E-state index in [0.29, 0.717) is 23.3 Å². The number of halogens is 1. The first-order valence-electron chi connectivity index (χ1n) is 6.60. The highest BCUT2D eigenvalue weighted by Gasteiger charge is 2.26. The molecule has 2 N–H and O–H groups in total. The van der Waals surface area contributed by atoms with E-state index in [1.165, 1.54) is 12.4 Å². The highest BCUT2D eigenvalue weighted by molar-refractivity contribution is 5.90. The number of nitrogens with zero attached hydrogens (tertiary/aromatic N) is 3. The molecule has 5 nitrogen and oxygen atoms in total. The van der Waals surface area contributed by atoms with Gasteiger partial charge < -0.3 is 10.6 Å². The average molecular weight is 274 g/mol. The van der Waals surface area contributed by atoms with E-state index in [1.807, 2.05) is 4.90 Å². The molecule has 6 heteroatoms. The minimum absolute atomic E-state index is 0.208. The maximum absolute atomic E-state index is 14.1. The van der Waals surface area contributed by atoms with Crippen molar-refractivity contribution >= 4 is 22.6 Å². The van der Waals surface area contributed by atoms with Crippen LogP contribution in [0.4, 0.5) is 10.2 Å². The van der Waals surface area contributed by atoms with E-state index in [9.17, 15) is 9.18 Å². The smallest absolute Gasteiger partial charge is 0.222 e. The molecule has 0 saturated carbocycles. The van der Waals surface area contributed by atoms with Crippen molar-refractivity contribution in [2.24, 2.45) is 11.7 Å². The molecule has 0 spiro atoms. The Balaban J connectivity index is 2.03. The fraction of sp³-hybridized carbons (Fsp3) is 0.357. The molecule has 20 heavy (non-hydrogen) atoms. The molecule has 0 bridgehead atoms. The second-order valence-corrected chi connectivity index (χ2v) is 5.02. The molecule has 1 saturated heterocycles. The number of fused-ring (bicyclic) bond motifs is 1. The fourth-order valence-electron chi connectivity index (χ4n) is 2.69. The first-order valence-corrected chi connectivity index (χ1v) is 6.60. The number of hydrogen-bond acceptors (Lipinski definition) is 4. The molecule has 3 rings (SSSR count). The van der Waals surface area contributed by atoms with Gasteiger partial charge in [0.25, 0.3) is 0 Å². The van der Waals surface area contributed by atoms with Crippen LogP contribution in [-0.4, -0.2) is 29.0 Å². The minimum atomic E-state index is -0.348. The van der Waals surface area contributed by atoms with Crippen molar-refractivity contribution in [1.29, 1.82) is 0 Å². The molecule has 2 heterocycles. The van der Waals surface area contributed by atoms with Crippen LogP contribution in [0.15, 0.2) is 24.5 Å². The van der Waals surface area contributed by atoms with Crippen LogP contribution in [0.2, 0.25) is 0 Å². The van der Waals surface area contributed by atoms with Crippen molar-refractivity contribution in [1.82, 2.24) is 9.97 Å². The number of anilines is 1. The van der Waals surface area contributed by atoms with Crippen molar-refractivity contribution in [3.8, 4) is 0 Å². The molecule has 1 atom stereocenters. The van der Waals surface area contributed by atoms with E-state index in [0.717, 1.165) is 19.4 Å². The Morgan fingerprint density at radius 3 is 3.05 bits per heavy atom. The van der Waals surface area contributed by atoms with Crippen LogP contribution in [0.5, 0.6) is 0 Å². The minimum Gasteiger partial charge on any atom is -0.369 e. The summed E-state index contributed by atoms with van der Waals surface area (Å²) in [5, 5.41) is 0.403. The van der Waals surface area contributed by atoms with E-state index in [2.05, 4.69) is 9.97 Å². The van der Waals surface area contributed by atoms with Crippen LogP contribution in [-0.2, 0) is 4.79 Å². The quantitative estimate of drug-likeness (QED) is 0.900. The van der Waals surface area contributed by atoms with Crippen molar-refractivity contribution in [2.45, 2.75) is 12.8 Å². The highest BCUT2D eigenvalue weighted by atomic mass is 19.1. The number of carbonyl (C=O) groups excluding carboxylic acids is 1. The van der Waals surface area contributed by atoms with Crippen molar-refractivity contribution in [2.75, 3.05) is 18.0 Å². The van der Waals surface area contributed by atoms with E-state index >= 15 is 0 Å². The molecule has 1 aliphatic heterocycles. The molecule has 2 aromatic rings. The number of benzene rings is 1. The second-order valence-electron chi connectivity index (χ2n) is 5.02. The molecule has 1 amide bonds. The summed E-state index contributed by atoms with van der Waals surface area (Å²) in [6, 6.07) is 4.76. The largest absolute Gasteiger partial charge is 0.369 e. The predicted octanol–water partition coefficient (Wildman–Crippen LogP) is 1.47. The van der Waals surface area contributed by atoms with E-state index in [-0.39, 0.29) is 17.6 Å². The lowest BCUT2D eigenvalue weighted by atomic mass is 9.97. The van der Waals surface area contributed by atoms with Gasteiger partial charge in [-0.1, -0.05) is 6.07 Å². The average Bonchev–Trinajstić information content (AvgIpc) is 2.47. The first kappa shape index (κ1) is 12.8. The molecule has 1 aliphatic rings. The summed E-state index contributed by atoms with van der Waals surface area (Å²) in [7, 11) is 0. The number of primary amides is 1. The van der Waals surface area contributed by atoms with E-state index in [4.69, 9.17) is 5.73 Å². The fourth-order valence-corrected chi connectivity index (χ4v) is 2.69. The monoisotopic (exact) mass is 274 g/mol. The summed E-state index contributed by atoms with van der Waals surface area (Å²) in [6.45, 7) is 1.22. The Labute approximate surface area is 115 Å². The Hall–Kier alpha value is -2.24. The van der Waals surface area contributed by atoms with Crippen LogP contribution in [0.3, 0.4) is 0 Å². The van der Waals surface area contributed by atoms with Gasteiger partial charge in [-0.15, -0.1) is 0 Å². The SMILES string of the molecule is NC(=O)[C@H]1CCCN(c2ncnc3cccc(F)c23)C1. The van der Waals surface area contributed by atoms with Crippen molar-refractivity contribution in [3.05, 3.63) is 30.3 Å². The second kappa shape index (κ2) is 5.03. The van der Waals surface area contributed by atoms with Gasteiger partial charge in [0, 0.05) is 13.1 Å². The molecule has 0 aliphatic carbocycles. The Morgan fingerprint density at radius 1 is 1.40 bits per heavy atom. The van der Waals surface area contributed by atoms with Gasteiger partial charge >= 0.3 is 0 Å². The molecule has 1 aromatic carbocycles. The van der Waals surface area contributed by atoms with Gasteiger partial charge in [-0.2, -0.15) is 0 Å². The maximum Gasteiger partial charge on any atom is 0.222 e. The Kier molecular flexibility index (Phi) is 3.22.